The summed E-state index contributed by atoms with van der Waals surface area (Å²) in [5, 5.41) is 0.138. The molecule has 28 heavy (non-hydrogen) atoms. The molecule has 0 radical (unpaired) electrons. The zero-order valence-electron chi connectivity index (χ0n) is 15.4. The molecular formula is C20H21N3O4S. The number of rotatable bonds is 6. The van der Waals surface area contributed by atoms with E-state index in [9.17, 15) is 18.0 Å². The second kappa shape index (κ2) is 7.03. The lowest BCUT2D eigenvalue weighted by molar-refractivity contribution is 0.303. The van der Waals surface area contributed by atoms with Crippen molar-refractivity contribution in [3.63, 3.8) is 0 Å². The summed E-state index contributed by atoms with van der Waals surface area (Å²) in [6.45, 7) is 2.20. The summed E-state index contributed by atoms with van der Waals surface area (Å²) in [6, 6.07) is 13.5. The molecule has 0 amide bonds. The van der Waals surface area contributed by atoms with Crippen LogP contribution in [0.2, 0.25) is 0 Å². The van der Waals surface area contributed by atoms with Crippen LogP contribution in [0.4, 0.5) is 0 Å². The lowest BCUT2D eigenvalue weighted by Gasteiger charge is -2.28. The van der Waals surface area contributed by atoms with Crippen molar-refractivity contribution >= 4 is 20.9 Å². The first-order valence-corrected chi connectivity index (χ1v) is 10.6. The Labute approximate surface area is 162 Å². The van der Waals surface area contributed by atoms with Crippen LogP contribution in [0.25, 0.3) is 10.9 Å². The van der Waals surface area contributed by atoms with Crippen LogP contribution >= 0.6 is 0 Å². The highest BCUT2D eigenvalue weighted by molar-refractivity contribution is 7.89. The topological polar surface area (TPSA) is 103 Å². The number of fused-ring (bicyclic) bond motifs is 1. The summed E-state index contributed by atoms with van der Waals surface area (Å²) in [7, 11) is -3.83. The van der Waals surface area contributed by atoms with Gasteiger partial charge in [0, 0.05) is 12.6 Å². The second-order valence-electron chi connectivity index (χ2n) is 7.23. The average Bonchev–Trinajstić information content (AvgIpc) is 3.51. The molecule has 3 aromatic rings. The van der Waals surface area contributed by atoms with E-state index in [1.807, 2.05) is 37.3 Å². The molecule has 0 saturated heterocycles. The Bertz CT molecular complexity index is 1230. The van der Waals surface area contributed by atoms with E-state index in [1.165, 1.54) is 22.5 Å². The fourth-order valence-corrected chi connectivity index (χ4v) is 5.17. The summed E-state index contributed by atoms with van der Waals surface area (Å²) in [5.41, 5.74) is -0.0269. The van der Waals surface area contributed by atoms with Crippen molar-refractivity contribution in [3.05, 3.63) is 74.9 Å². The van der Waals surface area contributed by atoms with Crippen LogP contribution in [0.5, 0.6) is 0 Å². The van der Waals surface area contributed by atoms with E-state index >= 15 is 0 Å². The summed E-state index contributed by atoms with van der Waals surface area (Å²) >= 11 is 0. The molecule has 8 heteroatoms. The molecule has 1 heterocycles. The molecule has 1 aliphatic rings. The van der Waals surface area contributed by atoms with E-state index < -0.39 is 21.3 Å². The third-order valence-electron chi connectivity index (χ3n) is 5.26. The largest absolute Gasteiger partial charge is 0.326 e. The molecule has 1 aromatic heterocycles. The maximum absolute atomic E-state index is 13.5. The van der Waals surface area contributed by atoms with Crippen LogP contribution in [0.1, 0.15) is 25.3 Å². The van der Waals surface area contributed by atoms with Gasteiger partial charge in [-0.25, -0.2) is 13.2 Å². The highest BCUT2D eigenvalue weighted by Crippen LogP contribution is 2.38. The van der Waals surface area contributed by atoms with Crippen LogP contribution < -0.4 is 11.2 Å². The Hall–Kier alpha value is -2.71. The maximum Gasteiger partial charge on any atom is 0.326 e. The van der Waals surface area contributed by atoms with Gasteiger partial charge in [-0.3, -0.25) is 9.78 Å². The van der Waals surface area contributed by atoms with E-state index in [1.54, 1.807) is 0 Å². The molecule has 1 saturated carbocycles. The molecule has 0 aliphatic heterocycles. The number of hydrogen-bond acceptors (Lipinski definition) is 4. The first-order valence-electron chi connectivity index (χ1n) is 9.18. The van der Waals surface area contributed by atoms with Crippen LogP contribution in [-0.2, 0) is 16.6 Å². The van der Waals surface area contributed by atoms with Gasteiger partial charge in [0.25, 0.3) is 5.56 Å². The molecule has 4 rings (SSSR count). The van der Waals surface area contributed by atoms with E-state index in [0.29, 0.717) is 11.4 Å². The third kappa shape index (κ3) is 3.53. The fourth-order valence-electron chi connectivity index (χ4n) is 3.47. The molecule has 2 N–H and O–H groups in total. The van der Waals surface area contributed by atoms with Gasteiger partial charge in [0.15, 0.2) is 0 Å². The summed E-state index contributed by atoms with van der Waals surface area (Å²) in [5.74, 6) is 0.346. The number of aromatic amines is 2. The number of hydrogen-bond donors (Lipinski definition) is 2. The van der Waals surface area contributed by atoms with Crippen molar-refractivity contribution in [3.8, 4) is 0 Å². The number of benzene rings is 2. The summed E-state index contributed by atoms with van der Waals surface area (Å²) < 4.78 is 28.5. The Morgan fingerprint density at radius 1 is 1.07 bits per heavy atom. The number of nitrogens with one attached hydrogen (secondary N) is 2. The first kappa shape index (κ1) is 18.6. The van der Waals surface area contributed by atoms with Gasteiger partial charge in [0.05, 0.1) is 15.8 Å². The molecule has 2 aromatic carbocycles. The number of sulfonamides is 1. The van der Waals surface area contributed by atoms with E-state index in [-0.39, 0.29) is 22.9 Å². The van der Waals surface area contributed by atoms with Crippen molar-refractivity contribution in [2.75, 3.05) is 0 Å². The lowest BCUT2D eigenvalue weighted by atomic mass is 10.2. The van der Waals surface area contributed by atoms with Crippen LogP contribution in [0, 0.1) is 5.92 Å². The molecular weight excluding hydrogens is 378 g/mol. The number of H-pyrrole nitrogens is 2. The Kier molecular flexibility index (Phi) is 4.68. The number of aromatic nitrogens is 2. The molecule has 7 nitrogen and oxygen atoms in total. The normalized spacial score (nSPS) is 15.8. The molecule has 1 atom stereocenters. The Morgan fingerprint density at radius 3 is 2.46 bits per heavy atom. The third-order valence-corrected chi connectivity index (χ3v) is 7.19. The van der Waals surface area contributed by atoms with Crippen LogP contribution in [-0.4, -0.2) is 28.7 Å². The highest BCUT2D eigenvalue weighted by atomic mass is 32.2. The monoisotopic (exact) mass is 399 g/mol. The van der Waals surface area contributed by atoms with Gasteiger partial charge in [-0.05, 0) is 49.4 Å². The van der Waals surface area contributed by atoms with Crippen molar-refractivity contribution < 1.29 is 8.42 Å². The Morgan fingerprint density at radius 2 is 1.79 bits per heavy atom. The van der Waals surface area contributed by atoms with Gasteiger partial charge in [0.1, 0.15) is 0 Å². The first-order chi connectivity index (χ1) is 13.4. The predicted molar refractivity (Wildman–Crippen MR) is 107 cm³/mol. The molecule has 0 bridgehead atoms. The lowest BCUT2D eigenvalue weighted by Crippen LogP contribution is -2.39. The minimum absolute atomic E-state index is 0.0426. The fraction of sp³-hybridized carbons (Fsp3) is 0.300. The van der Waals surface area contributed by atoms with Crippen molar-refractivity contribution in [2.45, 2.75) is 37.2 Å². The van der Waals surface area contributed by atoms with Gasteiger partial charge >= 0.3 is 5.69 Å². The maximum atomic E-state index is 13.5. The minimum atomic E-state index is -3.83. The zero-order valence-corrected chi connectivity index (χ0v) is 16.2. The van der Waals surface area contributed by atoms with Crippen LogP contribution in [0.3, 0.4) is 0 Å². The molecule has 1 aliphatic carbocycles. The van der Waals surface area contributed by atoms with Gasteiger partial charge < -0.3 is 4.98 Å². The highest BCUT2D eigenvalue weighted by Gasteiger charge is 2.38. The van der Waals surface area contributed by atoms with Crippen molar-refractivity contribution in [1.82, 2.24) is 14.3 Å². The minimum Gasteiger partial charge on any atom is -0.307 e. The smallest absolute Gasteiger partial charge is 0.307 e. The van der Waals surface area contributed by atoms with Gasteiger partial charge in [-0.15, -0.1) is 0 Å². The average molecular weight is 399 g/mol. The van der Waals surface area contributed by atoms with Gasteiger partial charge in [-0.2, -0.15) is 4.31 Å². The molecule has 146 valence electrons. The van der Waals surface area contributed by atoms with Crippen molar-refractivity contribution in [2.24, 2.45) is 5.92 Å². The summed E-state index contributed by atoms with van der Waals surface area (Å²) in [6.07, 6.45) is 2.03. The van der Waals surface area contributed by atoms with Gasteiger partial charge in [0.2, 0.25) is 10.0 Å². The molecule has 1 fully saturated rings. The standard InChI is InChI=1S/C20H21N3O4S/c1-13(15-7-8-15)23(12-14-5-3-2-4-6-14)28(26,27)16-9-10-18-17(11-16)19(24)22-20(25)21-18/h2-6,9-11,13,15H,7-8,12H2,1H3,(H2,21,22,24,25). The molecule has 1 unspecified atom stereocenters. The van der Waals surface area contributed by atoms with E-state index in [0.717, 1.165) is 18.4 Å². The van der Waals surface area contributed by atoms with E-state index in [2.05, 4.69) is 9.97 Å². The second-order valence-corrected chi connectivity index (χ2v) is 9.12. The summed E-state index contributed by atoms with van der Waals surface area (Å²) in [4.78, 5) is 28.2. The molecule has 0 spiro atoms. The quantitative estimate of drug-likeness (QED) is 0.663. The van der Waals surface area contributed by atoms with Gasteiger partial charge in [-0.1, -0.05) is 30.3 Å². The van der Waals surface area contributed by atoms with Crippen LogP contribution in [0.15, 0.2) is 63.0 Å². The van der Waals surface area contributed by atoms with E-state index in [4.69, 9.17) is 0 Å². The zero-order chi connectivity index (χ0) is 19.9. The Balaban J connectivity index is 1.79. The predicted octanol–water partition coefficient (Wildman–Crippen LogP) is 2.21. The SMILES string of the molecule is CC(C1CC1)N(Cc1ccccc1)S(=O)(=O)c1ccc2[nH]c(=O)[nH]c(=O)c2c1. The van der Waals surface area contributed by atoms with Crippen molar-refractivity contribution in [1.29, 1.82) is 0 Å². The number of nitrogens with zero attached hydrogens (tertiary/aromatic N) is 1.